The zero-order valence-corrected chi connectivity index (χ0v) is 21.7. The first-order chi connectivity index (χ1) is 19.4. The molecule has 2 N–H and O–H groups in total. The van der Waals surface area contributed by atoms with Crippen LogP contribution in [0.3, 0.4) is 0 Å². The molecule has 2 aliphatic heterocycles. The SMILES string of the molecule is O=C(Nc1ccc(N2CCC3(CC2)CC(C(=O)N2CCOCC2)C3)nc1)c1nnc(Nc2ccc(F)c(F)c2)o1. The van der Waals surface area contributed by atoms with Crippen LogP contribution in [-0.2, 0) is 9.53 Å². The van der Waals surface area contributed by atoms with Gasteiger partial charge in [-0.05, 0) is 55.4 Å². The molecule has 0 unspecified atom stereocenters. The van der Waals surface area contributed by atoms with Gasteiger partial charge >= 0.3 is 17.8 Å². The molecule has 11 nitrogen and oxygen atoms in total. The number of piperidine rings is 1. The molecule has 2 saturated heterocycles. The summed E-state index contributed by atoms with van der Waals surface area (Å²) in [7, 11) is 0. The molecule has 4 heterocycles. The number of carbonyl (C=O) groups is 2. The number of pyridine rings is 1. The smallest absolute Gasteiger partial charge is 0.320 e. The fourth-order valence-corrected chi connectivity index (χ4v) is 5.72. The summed E-state index contributed by atoms with van der Waals surface area (Å²) in [4.78, 5) is 34.0. The van der Waals surface area contributed by atoms with Crippen LogP contribution in [0.15, 0.2) is 40.9 Å². The average molecular weight is 554 g/mol. The van der Waals surface area contributed by atoms with Crippen LogP contribution in [0, 0.1) is 23.0 Å². The summed E-state index contributed by atoms with van der Waals surface area (Å²) in [5.41, 5.74) is 0.898. The van der Waals surface area contributed by atoms with Gasteiger partial charge in [-0.2, -0.15) is 0 Å². The summed E-state index contributed by atoms with van der Waals surface area (Å²) in [5, 5.41) is 12.7. The van der Waals surface area contributed by atoms with Gasteiger partial charge in [-0.3, -0.25) is 9.59 Å². The van der Waals surface area contributed by atoms with Gasteiger partial charge in [0.2, 0.25) is 5.91 Å². The number of nitrogens with one attached hydrogen (secondary N) is 2. The Kier molecular flexibility index (Phi) is 7.05. The zero-order valence-electron chi connectivity index (χ0n) is 21.7. The van der Waals surface area contributed by atoms with E-state index in [2.05, 4.69) is 30.7 Å². The van der Waals surface area contributed by atoms with Gasteiger partial charge in [-0.1, -0.05) is 5.10 Å². The maximum Gasteiger partial charge on any atom is 0.320 e. The van der Waals surface area contributed by atoms with Gasteiger partial charge in [0.05, 0.1) is 25.1 Å². The van der Waals surface area contributed by atoms with Crippen molar-refractivity contribution in [3.05, 3.63) is 54.1 Å². The van der Waals surface area contributed by atoms with Crippen LogP contribution >= 0.6 is 0 Å². The van der Waals surface area contributed by atoms with Crippen molar-refractivity contribution in [3.8, 4) is 0 Å². The Bertz CT molecular complexity index is 1380. The van der Waals surface area contributed by atoms with Gasteiger partial charge in [0.15, 0.2) is 11.6 Å². The summed E-state index contributed by atoms with van der Waals surface area (Å²) in [6.45, 7) is 4.40. The molecule has 3 fully saturated rings. The third kappa shape index (κ3) is 5.46. The van der Waals surface area contributed by atoms with E-state index in [0.717, 1.165) is 56.7 Å². The van der Waals surface area contributed by atoms with Gasteiger partial charge in [0.25, 0.3) is 0 Å². The minimum absolute atomic E-state index is 0.141. The molecular formula is C27H29F2N7O4. The van der Waals surface area contributed by atoms with Crippen molar-refractivity contribution in [3.63, 3.8) is 0 Å². The number of nitrogens with zero attached hydrogens (tertiary/aromatic N) is 5. The van der Waals surface area contributed by atoms with E-state index in [1.54, 1.807) is 12.3 Å². The molecule has 3 aromatic rings. The van der Waals surface area contributed by atoms with Gasteiger partial charge < -0.3 is 29.6 Å². The summed E-state index contributed by atoms with van der Waals surface area (Å²) < 4.78 is 37.1. The van der Waals surface area contributed by atoms with Crippen LogP contribution in [0.1, 0.15) is 36.4 Å². The molecular weight excluding hydrogens is 524 g/mol. The molecule has 3 aliphatic rings. The summed E-state index contributed by atoms with van der Waals surface area (Å²) in [5.74, 6) is -1.70. The van der Waals surface area contributed by atoms with E-state index in [-0.39, 0.29) is 34.8 Å². The summed E-state index contributed by atoms with van der Waals surface area (Å²) in [6, 6.07) is 6.65. The number of hydrogen-bond donors (Lipinski definition) is 2. The first kappa shape index (κ1) is 26.1. The van der Waals surface area contributed by atoms with E-state index in [1.807, 2.05) is 11.0 Å². The van der Waals surface area contributed by atoms with Crippen molar-refractivity contribution in [1.82, 2.24) is 20.1 Å². The van der Waals surface area contributed by atoms with E-state index in [9.17, 15) is 18.4 Å². The van der Waals surface area contributed by atoms with Crippen LogP contribution in [-0.4, -0.2) is 71.3 Å². The number of aromatic nitrogens is 3. The number of benzene rings is 1. The average Bonchev–Trinajstić information content (AvgIpc) is 3.43. The molecule has 1 spiro atoms. The Labute approximate surface area is 228 Å². The van der Waals surface area contributed by atoms with Crippen LogP contribution < -0.4 is 15.5 Å². The zero-order chi connectivity index (χ0) is 27.7. The Morgan fingerprint density at radius 1 is 0.950 bits per heavy atom. The summed E-state index contributed by atoms with van der Waals surface area (Å²) >= 11 is 0. The number of amides is 2. The number of carbonyl (C=O) groups excluding carboxylic acids is 2. The lowest BCUT2D eigenvalue weighted by Crippen LogP contribution is -2.53. The standard InChI is InChI=1S/C27H29F2N7O4/c28-20-3-1-18(13-21(20)29)32-26-34-33-24(40-26)23(37)31-19-2-4-22(30-16-19)35-7-5-27(6-8-35)14-17(15-27)25(38)36-9-11-39-12-10-36/h1-4,13,16-17H,5-12,14-15H2,(H,31,37)(H,32,34). The molecule has 40 heavy (non-hydrogen) atoms. The number of morpholine rings is 1. The highest BCUT2D eigenvalue weighted by Gasteiger charge is 2.49. The van der Waals surface area contributed by atoms with Crippen LogP contribution in [0.5, 0.6) is 0 Å². The number of anilines is 4. The van der Waals surface area contributed by atoms with Crippen molar-refractivity contribution in [2.24, 2.45) is 11.3 Å². The Morgan fingerprint density at radius 3 is 2.40 bits per heavy atom. The van der Waals surface area contributed by atoms with E-state index < -0.39 is 17.5 Å². The lowest BCUT2D eigenvalue weighted by molar-refractivity contribution is -0.148. The van der Waals surface area contributed by atoms with E-state index in [1.165, 1.54) is 6.07 Å². The minimum atomic E-state index is -1.03. The number of ether oxygens (including phenoxy) is 1. The second-order valence-corrected chi connectivity index (χ2v) is 10.6. The quantitative estimate of drug-likeness (QED) is 0.471. The third-order valence-electron chi connectivity index (χ3n) is 7.97. The van der Waals surface area contributed by atoms with Gasteiger partial charge in [-0.15, -0.1) is 5.10 Å². The molecule has 0 atom stereocenters. The molecule has 0 radical (unpaired) electrons. The molecule has 2 aromatic heterocycles. The highest BCUT2D eigenvalue weighted by Crippen LogP contribution is 2.53. The number of rotatable bonds is 6. The predicted octanol–water partition coefficient (Wildman–Crippen LogP) is 3.59. The monoisotopic (exact) mass is 553 g/mol. The maximum absolute atomic E-state index is 13.4. The molecule has 2 amide bonds. The second kappa shape index (κ2) is 10.8. The molecule has 1 aliphatic carbocycles. The van der Waals surface area contributed by atoms with Crippen molar-refractivity contribution < 1.29 is 27.5 Å². The molecule has 13 heteroatoms. The van der Waals surface area contributed by atoms with Crippen molar-refractivity contribution in [2.75, 3.05) is 54.9 Å². The topological polar surface area (TPSA) is 126 Å². The number of halogens is 2. The first-order valence-corrected chi connectivity index (χ1v) is 13.3. The van der Waals surface area contributed by atoms with Gasteiger partial charge in [0, 0.05) is 43.9 Å². The van der Waals surface area contributed by atoms with Crippen LogP contribution in [0.2, 0.25) is 0 Å². The van der Waals surface area contributed by atoms with Crippen molar-refractivity contribution in [2.45, 2.75) is 25.7 Å². The Balaban J connectivity index is 0.979. The van der Waals surface area contributed by atoms with E-state index >= 15 is 0 Å². The predicted molar refractivity (Wildman–Crippen MR) is 140 cm³/mol. The van der Waals surface area contributed by atoms with Crippen molar-refractivity contribution in [1.29, 1.82) is 0 Å². The second-order valence-electron chi connectivity index (χ2n) is 10.6. The summed E-state index contributed by atoms with van der Waals surface area (Å²) in [6.07, 6.45) is 5.54. The number of hydrogen-bond acceptors (Lipinski definition) is 9. The lowest BCUT2D eigenvalue weighted by atomic mass is 9.57. The normalized spacial score (nSPS) is 18.9. The highest BCUT2D eigenvalue weighted by atomic mass is 19.2. The molecule has 0 bridgehead atoms. The van der Waals surface area contributed by atoms with Gasteiger partial charge in [-0.25, -0.2) is 13.8 Å². The highest BCUT2D eigenvalue weighted by molar-refractivity contribution is 6.00. The minimum Gasteiger partial charge on any atom is -0.399 e. The first-order valence-electron chi connectivity index (χ1n) is 13.3. The van der Waals surface area contributed by atoms with Crippen molar-refractivity contribution >= 4 is 35.0 Å². The van der Waals surface area contributed by atoms with Crippen LogP contribution in [0.25, 0.3) is 0 Å². The largest absolute Gasteiger partial charge is 0.399 e. The fraction of sp³-hybridized carbons (Fsp3) is 0.444. The Morgan fingerprint density at radius 2 is 1.70 bits per heavy atom. The fourth-order valence-electron chi connectivity index (χ4n) is 5.72. The molecule has 1 saturated carbocycles. The van der Waals surface area contributed by atoms with Crippen LogP contribution in [0.4, 0.5) is 32.0 Å². The molecule has 210 valence electrons. The molecule has 1 aromatic carbocycles. The lowest BCUT2D eigenvalue weighted by Gasteiger charge is -2.52. The third-order valence-corrected chi connectivity index (χ3v) is 7.97. The van der Waals surface area contributed by atoms with E-state index in [4.69, 9.17) is 9.15 Å². The van der Waals surface area contributed by atoms with Gasteiger partial charge in [0.1, 0.15) is 5.82 Å². The van der Waals surface area contributed by atoms with E-state index in [0.29, 0.717) is 32.0 Å². The maximum atomic E-state index is 13.4. The Hall–Kier alpha value is -4.13. The molecule has 6 rings (SSSR count).